The summed E-state index contributed by atoms with van der Waals surface area (Å²) in [5.74, 6) is -0.146. The average molecular weight is 415 g/mol. The molecule has 2 aliphatic heterocycles. The molecule has 1 amide bonds. The van der Waals surface area contributed by atoms with Gasteiger partial charge in [-0.1, -0.05) is 36.6 Å². The Kier molecular flexibility index (Phi) is 7.10. The van der Waals surface area contributed by atoms with Crippen molar-refractivity contribution >= 4 is 33.4 Å². The highest BCUT2D eigenvalue weighted by molar-refractivity contribution is 7.86. The van der Waals surface area contributed by atoms with Crippen molar-refractivity contribution in [2.24, 2.45) is 0 Å². The number of anilines is 1. The van der Waals surface area contributed by atoms with Crippen LogP contribution < -0.4 is 5.32 Å². The van der Waals surface area contributed by atoms with Crippen LogP contribution in [-0.2, 0) is 15.0 Å². The highest BCUT2D eigenvalue weighted by Gasteiger charge is 2.32. The molecule has 1 aromatic rings. The average Bonchev–Trinajstić information content (AvgIpc) is 2.94. The molecule has 9 heteroatoms. The lowest BCUT2D eigenvalue weighted by Gasteiger charge is -2.36. The molecule has 1 aromatic carbocycles. The number of carbonyl (C=O) groups excluding carboxylic acids is 1. The van der Waals surface area contributed by atoms with E-state index in [1.807, 2.05) is 17.0 Å². The van der Waals surface area contributed by atoms with Gasteiger partial charge in [0, 0.05) is 39.3 Å². The lowest BCUT2D eigenvalue weighted by Crippen LogP contribution is -2.54. The molecule has 2 saturated heterocycles. The Balaban J connectivity index is 1.49. The molecule has 150 valence electrons. The molecule has 0 aromatic heterocycles. The van der Waals surface area contributed by atoms with Crippen LogP contribution >= 0.6 is 11.6 Å². The number of nitrogens with one attached hydrogen (secondary N) is 1. The first kappa shape index (κ1) is 20.5. The van der Waals surface area contributed by atoms with Crippen molar-refractivity contribution in [1.82, 2.24) is 13.5 Å². The van der Waals surface area contributed by atoms with Crippen molar-refractivity contribution in [2.75, 3.05) is 51.1 Å². The quantitative estimate of drug-likeness (QED) is 0.799. The second kappa shape index (κ2) is 9.34. The fraction of sp³-hybridized carbons (Fsp3) is 0.611. The van der Waals surface area contributed by atoms with Gasteiger partial charge in [-0.05, 0) is 25.0 Å². The molecule has 7 nitrogen and oxygen atoms in total. The van der Waals surface area contributed by atoms with E-state index in [0.717, 1.165) is 25.7 Å². The normalized spacial score (nSPS) is 20.9. The molecular formula is C18H27ClN4O3S. The van der Waals surface area contributed by atoms with Crippen LogP contribution in [0.5, 0.6) is 0 Å². The van der Waals surface area contributed by atoms with Crippen LogP contribution in [0, 0.1) is 0 Å². The molecule has 27 heavy (non-hydrogen) atoms. The topological polar surface area (TPSA) is 73.0 Å². The standard InChI is InChI=1S/C18H27ClN4O3S/c19-16-7-3-4-8-17(16)20-18(24)15-21-11-13-23(14-12-21)27(25,26)22-9-5-1-2-6-10-22/h3-4,7-8H,1-2,5-6,9-15H2,(H,20,24). The third-order valence-corrected chi connectivity index (χ3v) is 7.43. The Morgan fingerprint density at radius 2 is 1.52 bits per heavy atom. The molecule has 3 rings (SSSR count). The van der Waals surface area contributed by atoms with Crippen LogP contribution in [0.2, 0.25) is 5.02 Å². The molecule has 2 heterocycles. The van der Waals surface area contributed by atoms with Crippen molar-refractivity contribution < 1.29 is 13.2 Å². The third kappa shape index (κ3) is 5.42. The number of hydrogen-bond acceptors (Lipinski definition) is 4. The maximum absolute atomic E-state index is 12.8. The van der Waals surface area contributed by atoms with Gasteiger partial charge < -0.3 is 5.32 Å². The van der Waals surface area contributed by atoms with Gasteiger partial charge in [-0.2, -0.15) is 17.0 Å². The van der Waals surface area contributed by atoms with Crippen LogP contribution in [0.4, 0.5) is 5.69 Å². The zero-order valence-electron chi connectivity index (χ0n) is 15.4. The molecular weight excluding hydrogens is 388 g/mol. The van der Waals surface area contributed by atoms with Gasteiger partial charge in [0.25, 0.3) is 10.2 Å². The van der Waals surface area contributed by atoms with E-state index in [1.165, 1.54) is 0 Å². The van der Waals surface area contributed by atoms with Crippen molar-refractivity contribution in [3.8, 4) is 0 Å². The number of halogens is 1. The predicted octanol–water partition coefficient (Wildman–Crippen LogP) is 2.02. The first-order valence-electron chi connectivity index (χ1n) is 9.49. The van der Waals surface area contributed by atoms with Crippen LogP contribution in [0.3, 0.4) is 0 Å². The first-order valence-corrected chi connectivity index (χ1v) is 11.3. The number of amides is 1. The summed E-state index contributed by atoms with van der Waals surface area (Å²) in [6.07, 6.45) is 4.06. The second-order valence-electron chi connectivity index (χ2n) is 7.02. The van der Waals surface area contributed by atoms with Gasteiger partial charge in [-0.25, -0.2) is 0 Å². The summed E-state index contributed by atoms with van der Waals surface area (Å²) < 4.78 is 28.9. The Morgan fingerprint density at radius 3 is 2.15 bits per heavy atom. The van der Waals surface area contributed by atoms with E-state index in [0.29, 0.717) is 50.0 Å². The van der Waals surface area contributed by atoms with Crippen molar-refractivity contribution in [3.05, 3.63) is 29.3 Å². The summed E-state index contributed by atoms with van der Waals surface area (Å²) in [7, 11) is -3.39. The number of benzene rings is 1. The highest BCUT2D eigenvalue weighted by atomic mass is 35.5. The minimum absolute atomic E-state index is 0.146. The van der Waals surface area contributed by atoms with Gasteiger partial charge in [-0.3, -0.25) is 9.69 Å². The molecule has 0 bridgehead atoms. The van der Waals surface area contributed by atoms with Crippen LogP contribution in [0.15, 0.2) is 24.3 Å². The minimum Gasteiger partial charge on any atom is -0.324 e. The largest absolute Gasteiger partial charge is 0.324 e. The minimum atomic E-state index is -3.39. The van der Waals surface area contributed by atoms with E-state index in [9.17, 15) is 13.2 Å². The monoisotopic (exact) mass is 414 g/mol. The van der Waals surface area contributed by atoms with Crippen molar-refractivity contribution in [2.45, 2.75) is 25.7 Å². The van der Waals surface area contributed by atoms with Crippen LogP contribution in [-0.4, -0.2) is 73.6 Å². The molecule has 2 fully saturated rings. The Labute approximate surface area is 166 Å². The number of piperazine rings is 1. The Hall–Kier alpha value is -1.19. The zero-order chi connectivity index (χ0) is 19.3. The third-order valence-electron chi connectivity index (χ3n) is 5.06. The van der Waals surface area contributed by atoms with E-state index in [4.69, 9.17) is 11.6 Å². The molecule has 0 aliphatic carbocycles. The van der Waals surface area contributed by atoms with E-state index >= 15 is 0 Å². The van der Waals surface area contributed by atoms with E-state index in [1.54, 1.807) is 20.7 Å². The molecule has 0 atom stereocenters. The van der Waals surface area contributed by atoms with Gasteiger partial charge in [-0.15, -0.1) is 0 Å². The van der Waals surface area contributed by atoms with Gasteiger partial charge in [0.1, 0.15) is 0 Å². The summed E-state index contributed by atoms with van der Waals surface area (Å²) in [5.41, 5.74) is 0.589. The zero-order valence-corrected chi connectivity index (χ0v) is 17.0. The molecule has 0 saturated carbocycles. The molecule has 0 spiro atoms. The lowest BCUT2D eigenvalue weighted by molar-refractivity contribution is -0.117. The summed E-state index contributed by atoms with van der Waals surface area (Å²) in [5, 5.41) is 3.30. The molecule has 2 aliphatic rings. The highest BCUT2D eigenvalue weighted by Crippen LogP contribution is 2.21. The maximum atomic E-state index is 12.8. The molecule has 1 N–H and O–H groups in total. The fourth-order valence-corrected chi connectivity index (χ4v) is 5.36. The van der Waals surface area contributed by atoms with Gasteiger partial charge in [0.15, 0.2) is 0 Å². The first-order chi connectivity index (χ1) is 13.0. The van der Waals surface area contributed by atoms with E-state index in [2.05, 4.69) is 5.32 Å². The molecule has 0 radical (unpaired) electrons. The summed E-state index contributed by atoms with van der Waals surface area (Å²) in [6.45, 7) is 3.37. The van der Waals surface area contributed by atoms with Gasteiger partial charge in [0.05, 0.1) is 17.3 Å². The smallest absolute Gasteiger partial charge is 0.282 e. The summed E-state index contributed by atoms with van der Waals surface area (Å²) >= 11 is 6.06. The van der Waals surface area contributed by atoms with E-state index < -0.39 is 10.2 Å². The van der Waals surface area contributed by atoms with Gasteiger partial charge >= 0.3 is 0 Å². The Bertz CT molecular complexity index is 743. The van der Waals surface area contributed by atoms with Crippen molar-refractivity contribution in [1.29, 1.82) is 0 Å². The lowest BCUT2D eigenvalue weighted by atomic mass is 10.2. The molecule has 0 unspecified atom stereocenters. The SMILES string of the molecule is O=C(CN1CCN(S(=O)(=O)N2CCCCCC2)CC1)Nc1ccccc1Cl. The van der Waals surface area contributed by atoms with Crippen molar-refractivity contribution in [3.63, 3.8) is 0 Å². The van der Waals surface area contributed by atoms with Gasteiger partial charge in [0.2, 0.25) is 5.91 Å². The van der Waals surface area contributed by atoms with E-state index in [-0.39, 0.29) is 12.5 Å². The number of para-hydroxylation sites is 1. The number of nitrogens with zero attached hydrogens (tertiary/aromatic N) is 3. The summed E-state index contributed by atoms with van der Waals surface area (Å²) in [4.78, 5) is 14.2. The summed E-state index contributed by atoms with van der Waals surface area (Å²) in [6, 6.07) is 7.10. The number of carbonyl (C=O) groups is 1. The number of rotatable bonds is 5. The maximum Gasteiger partial charge on any atom is 0.282 e. The Morgan fingerprint density at radius 1 is 0.926 bits per heavy atom. The second-order valence-corrected chi connectivity index (χ2v) is 9.36. The fourth-order valence-electron chi connectivity index (χ4n) is 3.51. The predicted molar refractivity (Wildman–Crippen MR) is 107 cm³/mol. The van der Waals surface area contributed by atoms with Crippen LogP contribution in [0.1, 0.15) is 25.7 Å². The van der Waals surface area contributed by atoms with Crippen LogP contribution in [0.25, 0.3) is 0 Å². The number of hydrogen-bond donors (Lipinski definition) is 1.